The topological polar surface area (TPSA) is 62.2 Å². The molecule has 1 heterocycles. The SMILES string of the molecule is O=C(Nc1cnccc1CO)C1CC1c1ccc(F)c(F)c1. The fourth-order valence-corrected chi connectivity index (χ4v) is 2.50. The van der Waals surface area contributed by atoms with Crippen LogP contribution in [0.2, 0.25) is 0 Å². The van der Waals surface area contributed by atoms with E-state index < -0.39 is 11.6 Å². The molecule has 6 heteroatoms. The molecule has 2 atom stereocenters. The highest BCUT2D eigenvalue weighted by Crippen LogP contribution is 2.48. The predicted molar refractivity (Wildman–Crippen MR) is 76.0 cm³/mol. The van der Waals surface area contributed by atoms with Crippen molar-refractivity contribution in [3.8, 4) is 0 Å². The van der Waals surface area contributed by atoms with E-state index in [4.69, 9.17) is 0 Å². The van der Waals surface area contributed by atoms with Gasteiger partial charge in [-0.25, -0.2) is 8.78 Å². The number of benzene rings is 1. The summed E-state index contributed by atoms with van der Waals surface area (Å²) in [5.41, 5.74) is 1.66. The van der Waals surface area contributed by atoms with Crippen LogP contribution in [0.3, 0.4) is 0 Å². The largest absolute Gasteiger partial charge is 0.392 e. The van der Waals surface area contributed by atoms with Gasteiger partial charge in [-0.3, -0.25) is 9.78 Å². The third-order valence-corrected chi connectivity index (χ3v) is 3.84. The van der Waals surface area contributed by atoms with Crippen LogP contribution in [0, 0.1) is 17.6 Å². The van der Waals surface area contributed by atoms with E-state index in [1.807, 2.05) is 0 Å². The summed E-state index contributed by atoms with van der Waals surface area (Å²) in [6, 6.07) is 5.33. The Bertz CT molecular complexity index is 721. The molecule has 0 radical (unpaired) electrons. The van der Waals surface area contributed by atoms with Gasteiger partial charge in [0.25, 0.3) is 0 Å². The molecule has 1 aliphatic carbocycles. The number of aliphatic hydroxyl groups excluding tert-OH is 1. The van der Waals surface area contributed by atoms with E-state index in [0.29, 0.717) is 23.2 Å². The molecule has 0 aliphatic heterocycles. The molecule has 114 valence electrons. The van der Waals surface area contributed by atoms with Crippen LogP contribution < -0.4 is 5.32 Å². The van der Waals surface area contributed by atoms with E-state index in [9.17, 15) is 18.7 Å². The second-order valence-electron chi connectivity index (χ2n) is 5.30. The molecule has 1 aliphatic rings. The summed E-state index contributed by atoms with van der Waals surface area (Å²) in [6.45, 7) is -0.199. The summed E-state index contributed by atoms with van der Waals surface area (Å²) in [6.07, 6.45) is 3.59. The van der Waals surface area contributed by atoms with Crippen LogP contribution >= 0.6 is 0 Å². The number of nitrogens with zero attached hydrogens (tertiary/aromatic N) is 1. The molecule has 0 bridgehead atoms. The molecule has 0 saturated heterocycles. The van der Waals surface area contributed by atoms with Gasteiger partial charge in [0, 0.05) is 17.7 Å². The Balaban J connectivity index is 1.69. The lowest BCUT2D eigenvalue weighted by atomic mass is 10.1. The number of halogens is 2. The second kappa shape index (κ2) is 5.81. The van der Waals surface area contributed by atoms with Crippen molar-refractivity contribution in [1.29, 1.82) is 0 Å². The number of carbonyl (C=O) groups excluding carboxylic acids is 1. The molecule has 0 spiro atoms. The minimum atomic E-state index is -0.904. The predicted octanol–water partition coefficient (Wildman–Crippen LogP) is 2.59. The van der Waals surface area contributed by atoms with Crippen molar-refractivity contribution in [3.05, 3.63) is 59.4 Å². The molecule has 2 N–H and O–H groups in total. The number of hydrogen-bond acceptors (Lipinski definition) is 3. The third kappa shape index (κ3) is 2.82. The van der Waals surface area contributed by atoms with Crippen LogP contribution in [0.1, 0.15) is 23.5 Å². The maximum atomic E-state index is 13.2. The van der Waals surface area contributed by atoms with Gasteiger partial charge < -0.3 is 10.4 Å². The standard InChI is InChI=1S/C16H14F2N2O2/c17-13-2-1-9(5-14(13)18)11-6-12(11)16(22)20-15-7-19-4-3-10(15)8-21/h1-5,7,11-12,21H,6,8H2,(H,20,22). The molecular formula is C16H14F2N2O2. The van der Waals surface area contributed by atoms with Crippen molar-refractivity contribution in [2.45, 2.75) is 18.9 Å². The van der Waals surface area contributed by atoms with Crippen molar-refractivity contribution < 1.29 is 18.7 Å². The monoisotopic (exact) mass is 304 g/mol. The lowest BCUT2D eigenvalue weighted by Gasteiger charge is -2.08. The fourth-order valence-electron chi connectivity index (χ4n) is 2.50. The summed E-state index contributed by atoms with van der Waals surface area (Å²) < 4.78 is 26.2. The average molecular weight is 304 g/mol. The smallest absolute Gasteiger partial charge is 0.228 e. The molecule has 22 heavy (non-hydrogen) atoms. The number of anilines is 1. The van der Waals surface area contributed by atoms with Crippen molar-refractivity contribution >= 4 is 11.6 Å². The number of aliphatic hydroxyl groups is 1. The second-order valence-corrected chi connectivity index (χ2v) is 5.30. The van der Waals surface area contributed by atoms with Crippen LogP contribution in [0.15, 0.2) is 36.7 Å². The van der Waals surface area contributed by atoms with E-state index in [2.05, 4.69) is 10.3 Å². The van der Waals surface area contributed by atoms with Gasteiger partial charge in [0.1, 0.15) is 0 Å². The maximum absolute atomic E-state index is 13.2. The van der Waals surface area contributed by atoms with Gasteiger partial charge in [0.2, 0.25) is 5.91 Å². The van der Waals surface area contributed by atoms with E-state index in [1.165, 1.54) is 18.5 Å². The van der Waals surface area contributed by atoms with Gasteiger partial charge in [-0.05, 0) is 36.1 Å². The van der Waals surface area contributed by atoms with Crippen molar-refractivity contribution in [3.63, 3.8) is 0 Å². The van der Waals surface area contributed by atoms with Crippen molar-refractivity contribution in [2.75, 3.05) is 5.32 Å². The van der Waals surface area contributed by atoms with E-state index in [1.54, 1.807) is 6.07 Å². The summed E-state index contributed by atoms with van der Waals surface area (Å²) in [5.74, 6) is -2.40. The minimum absolute atomic E-state index is 0.107. The van der Waals surface area contributed by atoms with Crippen LogP contribution in [-0.4, -0.2) is 16.0 Å². The highest BCUT2D eigenvalue weighted by Gasteiger charge is 2.44. The van der Waals surface area contributed by atoms with Crippen LogP contribution in [-0.2, 0) is 11.4 Å². The van der Waals surface area contributed by atoms with Gasteiger partial charge in [-0.2, -0.15) is 0 Å². The van der Waals surface area contributed by atoms with Gasteiger partial charge >= 0.3 is 0 Å². The molecule has 1 fully saturated rings. The third-order valence-electron chi connectivity index (χ3n) is 3.84. The quantitative estimate of drug-likeness (QED) is 0.912. The minimum Gasteiger partial charge on any atom is -0.392 e. The molecule has 3 rings (SSSR count). The van der Waals surface area contributed by atoms with Crippen molar-refractivity contribution in [2.24, 2.45) is 5.92 Å². The van der Waals surface area contributed by atoms with E-state index >= 15 is 0 Å². The van der Waals surface area contributed by atoms with Gasteiger partial charge in [0.05, 0.1) is 18.5 Å². The number of pyridine rings is 1. The van der Waals surface area contributed by atoms with Crippen LogP contribution in [0.4, 0.5) is 14.5 Å². The number of aromatic nitrogens is 1. The van der Waals surface area contributed by atoms with E-state index in [-0.39, 0.29) is 24.3 Å². The highest BCUT2D eigenvalue weighted by atomic mass is 19.2. The Kier molecular flexibility index (Phi) is 3.85. The lowest BCUT2D eigenvalue weighted by molar-refractivity contribution is -0.117. The summed E-state index contributed by atoms with van der Waals surface area (Å²) in [7, 11) is 0. The Hall–Kier alpha value is -2.34. The molecule has 1 saturated carbocycles. The number of carbonyl (C=O) groups is 1. The lowest BCUT2D eigenvalue weighted by Crippen LogP contribution is -2.16. The fraction of sp³-hybridized carbons (Fsp3) is 0.250. The Morgan fingerprint density at radius 2 is 2.14 bits per heavy atom. The molecule has 1 amide bonds. The van der Waals surface area contributed by atoms with Gasteiger partial charge in [-0.15, -0.1) is 0 Å². The Labute approximate surface area is 125 Å². The zero-order valence-corrected chi connectivity index (χ0v) is 11.6. The van der Waals surface area contributed by atoms with Gasteiger partial charge in [0.15, 0.2) is 11.6 Å². The van der Waals surface area contributed by atoms with E-state index in [0.717, 1.165) is 12.1 Å². The van der Waals surface area contributed by atoms with Crippen LogP contribution in [0.5, 0.6) is 0 Å². The first-order chi connectivity index (χ1) is 10.6. The average Bonchev–Trinajstić information content (AvgIpc) is 3.31. The molecule has 2 aromatic rings. The number of rotatable bonds is 4. The first-order valence-electron chi connectivity index (χ1n) is 6.89. The normalized spacial score (nSPS) is 19.8. The number of hydrogen-bond donors (Lipinski definition) is 2. The first-order valence-corrected chi connectivity index (χ1v) is 6.89. The molecule has 1 aromatic heterocycles. The van der Waals surface area contributed by atoms with Gasteiger partial charge in [-0.1, -0.05) is 6.07 Å². The zero-order valence-electron chi connectivity index (χ0n) is 11.6. The Morgan fingerprint density at radius 1 is 1.32 bits per heavy atom. The summed E-state index contributed by atoms with van der Waals surface area (Å²) in [4.78, 5) is 16.1. The maximum Gasteiger partial charge on any atom is 0.228 e. The first kappa shape index (κ1) is 14.6. The molecule has 2 unspecified atom stereocenters. The highest BCUT2D eigenvalue weighted by molar-refractivity contribution is 5.95. The van der Waals surface area contributed by atoms with Crippen LogP contribution in [0.25, 0.3) is 0 Å². The molecular weight excluding hydrogens is 290 g/mol. The summed E-state index contributed by atoms with van der Waals surface area (Å²) >= 11 is 0. The van der Waals surface area contributed by atoms with Crippen molar-refractivity contribution in [1.82, 2.24) is 4.98 Å². The molecule has 1 aromatic carbocycles. The molecule has 4 nitrogen and oxygen atoms in total. The number of nitrogens with one attached hydrogen (secondary N) is 1. The summed E-state index contributed by atoms with van der Waals surface area (Å²) in [5, 5.41) is 11.9. The Morgan fingerprint density at radius 3 is 2.86 bits per heavy atom. The number of amides is 1. The zero-order chi connectivity index (χ0) is 15.7.